The zero-order chi connectivity index (χ0) is 24.4. The number of imide groups is 1. The van der Waals surface area contributed by atoms with Gasteiger partial charge in [0.1, 0.15) is 23.5 Å². The molecule has 34 heavy (non-hydrogen) atoms. The molecule has 9 nitrogen and oxygen atoms in total. The summed E-state index contributed by atoms with van der Waals surface area (Å²) in [7, 11) is 0. The van der Waals surface area contributed by atoms with Crippen LogP contribution in [0, 0.1) is 0 Å². The van der Waals surface area contributed by atoms with Gasteiger partial charge in [-0.2, -0.15) is 0 Å². The van der Waals surface area contributed by atoms with Crippen molar-refractivity contribution in [2.45, 2.75) is 31.8 Å². The second kappa shape index (κ2) is 9.44. The summed E-state index contributed by atoms with van der Waals surface area (Å²) in [5.41, 5.74) is 1.46. The first kappa shape index (κ1) is 23.1. The number of benzene rings is 2. The van der Waals surface area contributed by atoms with Crippen molar-refractivity contribution < 1.29 is 24.3 Å². The van der Waals surface area contributed by atoms with Crippen LogP contribution in [0.4, 0.5) is 9.93 Å². The summed E-state index contributed by atoms with van der Waals surface area (Å²) >= 11 is 1.08. The van der Waals surface area contributed by atoms with E-state index in [0.29, 0.717) is 5.56 Å². The first-order chi connectivity index (χ1) is 16.3. The summed E-state index contributed by atoms with van der Waals surface area (Å²) in [5, 5.41) is 16.6. The molecule has 3 atom stereocenters. The van der Waals surface area contributed by atoms with Crippen LogP contribution in [0.15, 0.2) is 60.0 Å². The Kier molecular flexibility index (Phi) is 6.42. The highest BCUT2D eigenvalue weighted by atomic mass is 32.1. The SMILES string of the molecule is CC(=O)c1csc(NC(=O)[C@H]([C@@H](C)c2ccccc2)N2C(=O)NC(c3ccc(O)cc3)C2=O)n1. The van der Waals surface area contributed by atoms with Gasteiger partial charge >= 0.3 is 6.03 Å². The number of amides is 4. The molecule has 1 unspecified atom stereocenters. The molecule has 4 amide bonds. The van der Waals surface area contributed by atoms with Gasteiger partial charge in [-0.25, -0.2) is 14.7 Å². The van der Waals surface area contributed by atoms with E-state index in [1.165, 1.54) is 36.6 Å². The van der Waals surface area contributed by atoms with Crippen molar-refractivity contribution in [3.05, 3.63) is 76.8 Å². The molecule has 3 N–H and O–H groups in total. The summed E-state index contributed by atoms with van der Waals surface area (Å²) in [4.78, 5) is 56.4. The number of anilines is 1. The van der Waals surface area contributed by atoms with Crippen LogP contribution in [0.1, 0.15) is 47.4 Å². The van der Waals surface area contributed by atoms with Gasteiger partial charge < -0.3 is 15.7 Å². The van der Waals surface area contributed by atoms with Crippen molar-refractivity contribution in [1.82, 2.24) is 15.2 Å². The van der Waals surface area contributed by atoms with Crippen LogP contribution >= 0.6 is 11.3 Å². The highest BCUT2D eigenvalue weighted by Crippen LogP contribution is 2.31. The van der Waals surface area contributed by atoms with Gasteiger partial charge in [0, 0.05) is 18.2 Å². The number of carbonyl (C=O) groups is 4. The lowest BCUT2D eigenvalue weighted by Gasteiger charge is -2.29. The fourth-order valence-electron chi connectivity index (χ4n) is 3.83. The number of phenolic OH excluding ortho intramolecular Hbond substituents is 1. The van der Waals surface area contributed by atoms with E-state index in [4.69, 9.17) is 0 Å². The van der Waals surface area contributed by atoms with Crippen LogP contribution in [-0.4, -0.2) is 44.7 Å². The summed E-state index contributed by atoms with van der Waals surface area (Å²) in [6.07, 6.45) is 0. The number of thiazole rings is 1. The molecule has 0 radical (unpaired) electrons. The number of hydrogen-bond donors (Lipinski definition) is 3. The fourth-order valence-corrected chi connectivity index (χ4v) is 4.58. The predicted molar refractivity (Wildman–Crippen MR) is 126 cm³/mol. The zero-order valence-electron chi connectivity index (χ0n) is 18.4. The Hall–Kier alpha value is -4.05. The number of nitrogens with zero attached hydrogens (tertiary/aromatic N) is 2. The van der Waals surface area contributed by atoms with Crippen molar-refractivity contribution in [3.63, 3.8) is 0 Å². The number of ketones is 1. The zero-order valence-corrected chi connectivity index (χ0v) is 19.2. The van der Waals surface area contributed by atoms with Crippen molar-refractivity contribution in [2.24, 2.45) is 0 Å². The molecule has 1 aromatic heterocycles. The van der Waals surface area contributed by atoms with E-state index in [2.05, 4.69) is 15.6 Å². The van der Waals surface area contributed by atoms with E-state index in [9.17, 15) is 24.3 Å². The molecule has 10 heteroatoms. The molecular weight excluding hydrogens is 456 g/mol. The van der Waals surface area contributed by atoms with Crippen molar-refractivity contribution in [1.29, 1.82) is 0 Å². The van der Waals surface area contributed by atoms with E-state index < -0.39 is 35.8 Å². The van der Waals surface area contributed by atoms with Crippen molar-refractivity contribution in [2.75, 3.05) is 5.32 Å². The molecule has 0 aliphatic carbocycles. The minimum absolute atomic E-state index is 0.0284. The lowest BCUT2D eigenvalue weighted by atomic mass is 9.91. The van der Waals surface area contributed by atoms with Crippen molar-refractivity contribution in [3.8, 4) is 5.75 Å². The van der Waals surface area contributed by atoms with Gasteiger partial charge in [-0.15, -0.1) is 11.3 Å². The molecule has 1 saturated heterocycles. The molecule has 0 bridgehead atoms. The smallest absolute Gasteiger partial charge is 0.325 e. The van der Waals surface area contributed by atoms with Gasteiger partial charge in [-0.1, -0.05) is 49.4 Å². The van der Waals surface area contributed by atoms with Gasteiger partial charge in [0.2, 0.25) is 5.91 Å². The lowest BCUT2D eigenvalue weighted by Crippen LogP contribution is -2.50. The number of hydrogen-bond acceptors (Lipinski definition) is 7. The highest BCUT2D eigenvalue weighted by molar-refractivity contribution is 7.14. The normalized spacial score (nSPS) is 17.2. The van der Waals surface area contributed by atoms with Crippen LogP contribution in [0.2, 0.25) is 0 Å². The second-order valence-corrected chi connectivity index (χ2v) is 8.77. The van der Waals surface area contributed by atoms with Gasteiger partial charge in [-0.05, 0) is 23.3 Å². The molecular formula is C24H22N4O5S. The first-order valence-corrected chi connectivity index (χ1v) is 11.4. The van der Waals surface area contributed by atoms with Crippen LogP contribution in [-0.2, 0) is 9.59 Å². The molecule has 4 rings (SSSR count). The minimum atomic E-state index is -1.18. The number of nitrogens with one attached hydrogen (secondary N) is 2. The van der Waals surface area contributed by atoms with E-state index >= 15 is 0 Å². The maximum Gasteiger partial charge on any atom is 0.325 e. The predicted octanol–water partition coefficient (Wildman–Crippen LogP) is 3.46. The van der Waals surface area contributed by atoms with Crippen LogP contribution < -0.4 is 10.6 Å². The summed E-state index contributed by atoms with van der Waals surface area (Å²) in [5.74, 6) is -1.93. The van der Waals surface area contributed by atoms with Crippen molar-refractivity contribution >= 4 is 40.1 Å². The summed E-state index contributed by atoms with van der Waals surface area (Å²) in [6.45, 7) is 3.13. The monoisotopic (exact) mass is 478 g/mol. The number of phenols is 1. The Labute approximate surface area is 199 Å². The van der Waals surface area contributed by atoms with E-state index in [-0.39, 0.29) is 22.4 Å². The van der Waals surface area contributed by atoms with Gasteiger partial charge in [0.25, 0.3) is 5.91 Å². The molecule has 2 aromatic carbocycles. The van der Waals surface area contributed by atoms with Gasteiger partial charge in [-0.3, -0.25) is 14.4 Å². The molecule has 0 saturated carbocycles. The second-order valence-electron chi connectivity index (χ2n) is 7.91. The number of rotatable bonds is 7. The Morgan fingerprint density at radius 3 is 2.41 bits per heavy atom. The third-order valence-electron chi connectivity index (χ3n) is 5.64. The third-order valence-corrected chi connectivity index (χ3v) is 6.40. The Morgan fingerprint density at radius 1 is 1.12 bits per heavy atom. The summed E-state index contributed by atoms with van der Waals surface area (Å²) in [6, 6.07) is 12.1. The number of aromatic hydroxyl groups is 1. The quantitative estimate of drug-likeness (QED) is 0.352. The average Bonchev–Trinajstić information content (AvgIpc) is 3.40. The molecule has 1 aliphatic rings. The van der Waals surface area contributed by atoms with Crippen LogP contribution in [0.3, 0.4) is 0 Å². The van der Waals surface area contributed by atoms with Gasteiger partial charge in [0.15, 0.2) is 10.9 Å². The number of urea groups is 1. The number of aromatic nitrogens is 1. The van der Waals surface area contributed by atoms with E-state index in [1.807, 2.05) is 30.3 Å². The minimum Gasteiger partial charge on any atom is -0.508 e. The Bertz CT molecular complexity index is 1240. The lowest BCUT2D eigenvalue weighted by molar-refractivity contribution is -0.134. The third kappa shape index (κ3) is 4.53. The highest BCUT2D eigenvalue weighted by Gasteiger charge is 2.47. The fraction of sp³-hybridized carbons (Fsp3) is 0.208. The van der Waals surface area contributed by atoms with Crippen LogP contribution in [0.25, 0.3) is 0 Å². The molecule has 3 aromatic rings. The molecule has 2 heterocycles. The maximum absolute atomic E-state index is 13.4. The number of carbonyl (C=O) groups excluding carboxylic acids is 4. The standard InChI is InChI=1S/C24H22N4O5S/c1-13(15-6-4-3-5-7-15)20(21(31)27-23-25-18(12-34-23)14(2)29)28-22(32)19(26-24(28)33)16-8-10-17(30)11-9-16/h3-13,19-20,30H,1-2H3,(H,26,33)(H,25,27,31)/t13-,19?,20-/m0/s1. The molecule has 1 fully saturated rings. The Balaban J connectivity index is 1.67. The van der Waals surface area contributed by atoms with E-state index in [1.54, 1.807) is 6.92 Å². The first-order valence-electron chi connectivity index (χ1n) is 10.5. The molecule has 1 aliphatic heterocycles. The molecule has 0 spiro atoms. The topological polar surface area (TPSA) is 129 Å². The molecule has 174 valence electrons. The number of Topliss-reactive ketones (excluding diaryl/α,β-unsaturated/α-hetero) is 1. The van der Waals surface area contributed by atoms with E-state index in [0.717, 1.165) is 21.8 Å². The largest absolute Gasteiger partial charge is 0.508 e. The van der Waals surface area contributed by atoms with Gasteiger partial charge in [0.05, 0.1) is 0 Å². The van der Waals surface area contributed by atoms with Crippen LogP contribution in [0.5, 0.6) is 5.75 Å². The Morgan fingerprint density at radius 2 is 1.79 bits per heavy atom. The average molecular weight is 479 g/mol. The summed E-state index contributed by atoms with van der Waals surface area (Å²) < 4.78 is 0. The maximum atomic E-state index is 13.4.